The van der Waals surface area contributed by atoms with Crippen molar-refractivity contribution in [3.63, 3.8) is 0 Å². The van der Waals surface area contributed by atoms with E-state index in [2.05, 4.69) is 5.32 Å². The van der Waals surface area contributed by atoms with E-state index in [4.69, 9.17) is 14.9 Å². The van der Waals surface area contributed by atoms with Crippen LogP contribution in [0, 0.1) is 5.41 Å². The van der Waals surface area contributed by atoms with Crippen molar-refractivity contribution in [1.29, 1.82) is 5.41 Å². The number of ether oxygens (including phenoxy) is 2. The molecule has 1 amide bonds. The fourth-order valence-electron chi connectivity index (χ4n) is 4.10. The number of amidine groups is 1. The topological polar surface area (TPSA) is 112 Å². The second-order valence-corrected chi connectivity index (χ2v) is 9.93. The van der Waals surface area contributed by atoms with Crippen molar-refractivity contribution in [2.75, 3.05) is 20.2 Å². The minimum absolute atomic E-state index is 0.0255. The van der Waals surface area contributed by atoms with Crippen LogP contribution in [0.4, 0.5) is 0 Å². The molecule has 0 aliphatic carbocycles. The molecule has 0 saturated carbocycles. The second kappa shape index (κ2) is 9.98. The molecule has 8 heteroatoms. The number of rotatable bonds is 8. The number of fused-ring (bicyclic) bond motifs is 1. The maximum Gasteiger partial charge on any atom is 0.254 e. The Kier molecular flexibility index (Phi) is 7.43. The van der Waals surface area contributed by atoms with E-state index in [1.54, 1.807) is 36.2 Å². The Morgan fingerprint density at radius 3 is 2.43 bits per heavy atom. The van der Waals surface area contributed by atoms with Crippen molar-refractivity contribution in [3.8, 4) is 17.2 Å². The summed E-state index contributed by atoms with van der Waals surface area (Å²) in [7, 11) is 1.54. The fourth-order valence-corrected chi connectivity index (χ4v) is 4.10. The lowest BCUT2D eigenvalue weighted by molar-refractivity contribution is 0.0952. The molecule has 1 aliphatic rings. The Hall–Kier alpha value is -3.55. The van der Waals surface area contributed by atoms with Gasteiger partial charge in [0.15, 0.2) is 17.3 Å². The number of phenolic OH excluding ortho intramolecular Hbond substituents is 1. The molecule has 35 heavy (non-hydrogen) atoms. The highest BCUT2D eigenvalue weighted by Gasteiger charge is 2.30. The van der Waals surface area contributed by atoms with E-state index >= 15 is 0 Å². The number of hydrogen-bond donors (Lipinski definition) is 3. The molecule has 3 N–H and O–H groups in total. The zero-order valence-corrected chi connectivity index (χ0v) is 21.5. The SMILES string of the molecule is CCOc1cc2c(cc1C(=O)NC)C(=N)N(CC(=O)c1cc(OC(C)C)c(O)c(C(C)(C)C)c1)C2. The highest BCUT2D eigenvalue weighted by Crippen LogP contribution is 2.39. The number of amides is 1. The molecule has 0 spiro atoms. The van der Waals surface area contributed by atoms with Crippen LogP contribution < -0.4 is 14.8 Å². The standard InChI is InChI=1S/C27H35N3O5/c1-8-34-22-11-17-13-30(25(28)18(17)12-19(22)26(33)29-7)14-21(31)16-9-20(27(4,5)6)24(32)23(10-16)35-15(2)3/h9-12,15,28,32H,8,13-14H2,1-7H3,(H,29,33). The zero-order valence-electron chi connectivity index (χ0n) is 21.5. The van der Waals surface area contributed by atoms with Gasteiger partial charge in [-0.1, -0.05) is 20.8 Å². The lowest BCUT2D eigenvalue weighted by Gasteiger charge is -2.24. The Balaban J connectivity index is 1.92. The Morgan fingerprint density at radius 2 is 1.86 bits per heavy atom. The number of Topliss-reactive ketones (excluding diaryl/α,β-unsaturated/α-hetero) is 1. The first-order valence-electron chi connectivity index (χ1n) is 11.8. The van der Waals surface area contributed by atoms with Crippen LogP contribution in [0.15, 0.2) is 24.3 Å². The van der Waals surface area contributed by atoms with E-state index in [1.807, 2.05) is 41.5 Å². The summed E-state index contributed by atoms with van der Waals surface area (Å²) in [5, 5.41) is 22.0. The van der Waals surface area contributed by atoms with Crippen molar-refractivity contribution < 1.29 is 24.2 Å². The van der Waals surface area contributed by atoms with Gasteiger partial charge >= 0.3 is 0 Å². The molecule has 0 saturated heterocycles. The summed E-state index contributed by atoms with van der Waals surface area (Å²) in [6, 6.07) is 6.69. The molecule has 0 radical (unpaired) electrons. The minimum Gasteiger partial charge on any atom is -0.504 e. The van der Waals surface area contributed by atoms with Crippen LogP contribution in [0.1, 0.15) is 78.9 Å². The van der Waals surface area contributed by atoms with Gasteiger partial charge in [-0.05, 0) is 56.0 Å². The first kappa shape index (κ1) is 26.1. The summed E-state index contributed by atoms with van der Waals surface area (Å²) in [6.07, 6.45) is -0.172. The third kappa shape index (κ3) is 5.42. The largest absolute Gasteiger partial charge is 0.504 e. The molecule has 2 aromatic carbocycles. The highest BCUT2D eigenvalue weighted by molar-refractivity contribution is 6.07. The molecule has 0 unspecified atom stereocenters. The number of hydrogen-bond acceptors (Lipinski definition) is 6. The quantitative estimate of drug-likeness (QED) is 0.486. The average Bonchev–Trinajstić information content (AvgIpc) is 3.07. The minimum atomic E-state index is -0.405. The maximum atomic E-state index is 13.4. The molecule has 0 atom stereocenters. The van der Waals surface area contributed by atoms with E-state index < -0.39 is 5.41 Å². The number of carbonyl (C=O) groups is 2. The van der Waals surface area contributed by atoms with Gasteiger partial charge in [-0.25, -0.2) is 0 Å². The van der Waals surface area contributed by atoms with Gasteiger partial charge in [0.1, 0.15) is 11.6 Å². The van der Waals surface area contributed by atoms with Crippen LogP contribution in [-0.4, -0.2) is 53.8 Å². The van der Waals surface area contributed by atoms with Crippen molar-refractivity contribution in [1.82, 2.24) is 10.2 Å². The van der Waals surface area contributed by atoms with E-state index in [9.17, 15) is 14.7 Å². The Morgan fingerprint density at radius 1 is 1.17 bits per heavy atom. The molecule has 1 aliphatic heterocycles. The highest BCUT2D eigenvalue weighted by atomic mass is 16.5. The van der Waals surface area contributed by atoms with Crippen molar-refractivity contribution >= 4 is 17.5 Å². The van der Waals surface area contributed by atoms with Gasteiger partial charge < -0.3 is 24.8 Å². The Labute approximate surface area is 206 Å². The van der Waals surface area contributed by atoms with Gasteiger partial charge in [0, 0.05) is 30.3 Å². The number of benzene rings is 2. The van der Waals surface area contributed by atoms with Crippen LogP contribution in [0.25, 0.3) is 0 Å². The number of aromatic hydroxyl groups is 1. The van der Waals surface area contributed by atoms with E-state index in [1.165, 1.54) is 0 Å². The summed E-state index contributed by atoms with van der Waals surface area (Å²) in [5.41, 5.74) is 2.41. The van der Waals surface area contributed by atoms with Gasteiger partial charge in [0.2, 0.25) is 0 Å². The third-order valence-electron chi connectivity index (χ3n) is 5.81. The maximum absolute atomic E-state index is 13.4. The lowest BCUT2D eigenvalue weighted by atomic mass is 9.84. The summed E-state index contributed by atoms with van der Waals surface area (Å²) in [5.74, 6) is 0.445. The van der Waals surface area contributed by atoms with Crippen molar-refractivity contribution in [2.24, 2.45) is 0 Å². The normalized spacial score (nSPS) is 13.1. The molecule has 1 heterocycles. The predicted molar refractivity (Wildman–Crippen MR) is 135 cm³/mol. The molecule has 0 bridgehead atoms. The van der Waals surface area contributed by atoms with Gasteiger partial charge in [-0.2, -0.15) is 0 Å². The molecule has 0 fully saturated rings. The molecular weight excluding hydrogens is 446 g/mol. The molecule has 3 rings (SSSR count). The number of nitrogens with one attached hydrogen (secondary N) is 2. The summed E-state index contributed by atoms with van der Waals surface area (Å²) in [6.45, 7) is 12.2. The molecule has 188 valence electrons. The van der Waals surface area contributed by atoms with Crippen molar-refractivity contribution in [2.45, 2.75) is 59.6 Å². The summed E-state index contributed by atoms with van der Waals surface area (Å²) in [4.78, 5) is 27.4. The first-order chi connectivity index (χ1) is 16.4. The summed E-state index contributed by atoms with van der Waals surface area (Å²) >= 11 is 0. The van der Waals surface area contributed by atoms with Crippen LogP contribution in [-0.2, 0) is 12.0 Å². The van der Waals surface area contributed by atoms with Crippen LogP contribution in [0.2, 0.25) is 0 Å². The molecule has 2 aromatic rings. The number of carbonyl (C=O) groups excluding carboxylic acids is 2. The Bertz CT molecular complexity index is 1160. The fraction of sp³-hybridized carbons (Fsp3) is 0.444. The van der Waals surface area contributed by atoms with Gasteiger partial charge in [0.25, 0.3) is 5.91 Å². The van der Waals surface area contributed by atoms with E-state index in [-0.39, 0.29) is 41.7 Å². The third-order valence-corrected chi connectivity index (χ3v) is 5.81. The second-order valence-electron chi connectivity index (χ2n) is 9.93. The van der Waals surface area contributed by atoms with Crippen molar-refractivity contribution in [3.05, 3.63) is 52.1 Å². The number of nitrogens with zero attached hydrogens (tertiary/aromatic N) is 1. The van der Waals surface area contributed by atoms with Gasteiger partial charge in [-0.3, -0.25) is 15.0 Å². The molecular formula is C27H35N3O5. The van der Waals surface area contributed by atoms with Crippen LogP contribution >= 0.6 is 0 Å². The number of phenols is 1. The van der Waals surface area contributed by atoms with E-state index in [0.717, 1.165) is 5.56 Å². The number of ketones is 1. The predicted octanol–water partition coefficient (Wildman–Crippen LogP) is 4.26. The first-order valence-corrected chi connectivity index (χ1v) is 11.8. The van der Waals surface area contributed by atoms with Gasteiger partial charge in [-0.15, -0.1) is 0 Å². The smallest absolute Gasteiger partial charge is 0.254 e. The summed E-state index contributed by atoms with van der Waals surface area (Å²) < 4.78 is 11.4. The van der Waals surface area contributed by atoms with Crippen LogP contribution in [0.5, 0.6) is 17.2 Å². The van der Waals surface area contributed by atoms with Gasteiger partial charge in [0.05, 0.1) is 24.8 Å². The van der Waals surface area contributed by atoms with E-state index in [0.29, 0.717) is 41.2 Å². The average molecular weight is 482 g/mol. The molecule has 8 nitrogen and oxygen atoms in total. The molecule has 0 aromatic heterocycles. The lowest BCUT2D eigenvalue weighted by Crippen LogP contribution is -2.30. The zero-order chi connectivity index (χ0) is 26.1. The van der Waals surface area contributed by atoms with Crippen LogP contribution in [0.3, 0.4) is 0 Å². The monoisotopic (exact) mass is 481 g/mol.